The first-order chi connectivity index (χ1) is 7.72. The molecule has 1 heterocycles. The standard InChI is InChI=1S/C12H17ClN2S/c1-8-2-3-9(6-11(8)13)12(15-14)10-4-5-16-7-10/h2-3,6,10,12,15H,4-5,7,14H2,1H3. The van der Waals surface area contributed by atoms with Crippen molar-refractivity contribution in [1.29, 1.82) is 0 Å². The van der Waals surface area contributed by atoms with E-state index in [0.717, 1.165) is 10.6 Å². The van der Waals surface area contributed by atoms with E-state index in [0.29, 0.717) is 5.92 Å². The van der Waals surface area contributed by atoms with Crippen molar-refractivity contribution in [2.24, 2.45) is 11.8 Å². The van der Waals surface area contributed by atoms with Crippen LogP contribution in [0.5, 0.6) is 0 Å². The molecule has 1 aromatic rings. The Morgan fingerprint density at radius 2 is 2.38 bits per heavy atom. The van der Waals surface area contributed by atoms with Gasteiger partial charge >= 0.3 is 0 Å². The summed E-state index contributed by atoms with van der Waals surface area (Å²) in [6.07, 6.45) is 1.23. The van der Waals surface area contributed by atoms with E-state index in [2.05, 4.69) is 17.6 Å². The van der Waals surface area contributed by atoms with E-state index in [-0.39, 0.29) is 6.04 Å². The van der Waals surface area contributed by atoms with Gasteiger partial charge in [-0.05, 0) is 48.0 Å². The Bertz CT molecular complexity index is 364. The van der Waals surface area contributed by atoms with E-state index in [1.165, 1.54) is 23.5 Å². The predicted molar refractivity (Wildman–Crippen MR) is 71.7 cm³/mol. The van der Waals surface area contributed by atoms with Gasteiger partial charge in [-0.2, -0.15) is 11.8 Å². The minimum absolute atomic E-state index is 0.230. The Labute approximate surface area is 106 Å². The van der Waals surface area contributed by atoms with Gasteiger partial charge in [0.25, 0.3) is 0 Å². The molecule has 2 rings (SSSR count). The zero-order valence-corrected chi connectivity index (χ0v) is 10.9. The molecule has 0 amide bonds. The Morgan fingerprint density at radius 3 is 2.94 bits per heavy atom. The fourth-order valence-electron chi connectivity index (χ4n) is 2.12. The maximum atomic E-state index is 6.15. The highest BCUT2D eigenvalue weighted by molar-refractivity contribution is 7.99. The zero-order valence-electron chi connectivity index (χ0n) is 9.37. The van der Waals surface area contributed by atoms with Crippen LogP contribution in [-0.2, 0) is 0 Å². The fraction of sp³-hybridized carbons (Fsp3) is 0.500. The van der Waals surface area contributed by atoms with Gasteiger partial charge in [-0.15, -0.1) is 0 Å². The number of hydrogen-bond acceptors (Lipinski definition) is 3. The lowest BCUT2D eigenvalue weighted by Gasteiger charge is -2.22. The molecule has 1 saturated heterocycles. The molecular formula is C12H17ClN2S. The summed E-state index contributed by atoms with van der Waals surface area (Å²) in [6.45, 7) is 2.02. The molecule has 1 aromatic carbocycles. The lowest BCUT2D eigenvalue weighted by molar-refractivity contribution is 0.400. The molecule has 0 radical (unpaired) electrons. The molecule has 88 valence electrons. The van der Waals surface area contributed by atoms with Gasteiger partial charge in [-0.25, -0.2) is 0 Å². The summed E-state index contributed by atoms with van der Waals surface area (Å²) in [6, 6.07) is 6.44. The summed E-state index contributed by atoms with van der Waals surface area (Å²) in [4.78, 5) is 0. The third-order valence-electron chi connectivity index (χ3n) is 3.17. The lowest BCUT2D eigenvalue weighted by Crippen LogP contribution is -2.33. The van der Waals surface area contributed by atoms with E-state index < -0.39 is 0 Å². The fourth-order valence-corrected chi connectivity index (χ4v) is 3.61. The van der Waals surface area contributed by atoms with Crippen molar-refractivity contribution in [1.82, 2.24) is 5.43 Å². The van der Waals surface area contributed by atoms with Crippen LogP contribution in [0.2, 0.25) is 5.02 Å². The molecule has 0 saturated carbocycles. The van der Waals surface area contributed by atoms with E-state index in [1.807, 2.05) is 24.8 Å². The molecule has 0 bridgehead atoms. The highest BCUT2D eigenvalue weighted by Gasteiger charge is 2.26. The number of aryl methyl sites for hydroxylation is 1. The van der Waals surface area contributed by atoms with Crippen molar-refractivity contribution in [3.63, 3.8) is 0 Å². The average Bonchev–Trinajstić information content (AvgIpc) is 2.78. The monoisotopic (exact) mass is 256 g/mol. The number of hydrazine groups is 1. The van der Waals surface area contributed by atoms with Crippen molar-refractivity contribution >= 4 is 23.4 Å². The second kappa shape index (κ2) is 5.41. The SMILES string of the molecule is Cc1ccc(C(NN)C2CCSC2)cc1Cl. The van der Waals surface area contributed by atoms with E-state index in [4.69, 9.17) is 17.4 Å². The summed E-state index contributed by atoms with van der Waals surface area (Å²) in [7, 11) is 0. The molecule has 1 fully saturated rings. The molecule has 0 aliphatic carbocycles. The first-order valence-corrected chi connectivity index (χ1v) is 7.05. The van der Waals surface area contributed by atoms with Crippen LogP contribution < -0.4 is 11.3 Å². The lowest BCUT2D eigenvalue weighted by atomic mass is 9.92. The van der Waals surface area contributed by atoms with Crippen LogP contribution in [0.15, 0.2) is 18.2 Å². The summed E-state index contributed by atoms with van der Waals surface area (Å²) in [5.74, 6) is 8.71. The second-order valence-electron chi connectivity index (χ2n) is 4.28. The van der Waals surface area contributed by atoms with Gasteiger partial charge in [-0.3, -0.25) is 11.3 Å². The van der Waals surface area contributed by atoms with E-state index in [1.54, 1.807) is 0 Å². The van der Waals surface area contributed by atoms with Crippen LogP contribution in [0.3, 0.4) is 0 Å². The Balaban J connectivity index is 2.22. The Kier molecular flexibility index (Phi) is 4.14. The molecule has 0 aromatic heterocycles. The number of halogens is 1. The number of nitrogens with two attached hydrogens (primary N) is 1. The molecule has 1 aliphatic heterocycles. The minimum Gasteiger partial charge on any atom is -0.271 e. The van der Waals surface area contributed by atoms with Crippen molar-refractivity contribution in [3.8, 4) is 0 Å². The minimum atomic E-state index is 0.230. The van der Waals surface area contributed by atoms with Gasteiger partial charge < -0.3 is 0 Å². The van der Waals surface area contributed by atoms with Crippen molar-refractivity contribution in [2.75, 3.05) is 11.5 Å². The Hall–Kier alpha value is -0.220. The van der Waals surface area contributed by atoms with Gasteiger partial charge in [0.05, 0.1) is 0 Å². The smallest absolute Gasteiger partial charge is 0.0496 e. The van der Waals surface area contributed by atoms with Crippen molar-refractivity contribution < 1.29 is 0 Å². The molecule has 2 nitrogen and oxygen atoms in total. The molecular weight excluding hydrogens is 240 g/mol. The Morgan fingerprint density at radius 1 is 1.56 bits per heavy atom. The van der Waals surface area contributed by atoms with Crippen LogP contribution in [0.4, 0.5) is 0 Å². The summed E-state index contributed by atoms with van der Waals surface area (Å²) < 4.78 is 0. The molecule has 4 heteroatoms. The third-order valence-corrected chi connectivity index (χ3v) is 4.77. The largest absolute Gasteiger partial charge is 0.271 e. The maximum Gasteiger partial charge on any atom is 0.0496 e. The number of nitrogens with one attached hydrogen (secondary N) is 1. The van der Waals surface area contributed by atoms with Crippen LogP contribution in [0, 0.1) is 12.8 Å². The van der Waals surface area contributed by atoms with Crippen LogP contribution in [-0.4, -0.2) is 11.5 Å². The van der Waals surface area contributed by atoms with Crippen LogP contribution in [0.25, 0.3) is 0 Å². The zero-order chi connectivity index (χ0) is 11.5. The summed E-state index contributed by atoms with van der Waals surface area (Å²) in [5, 5.41) is 0.823. The third kappa shape index (κ3) is 2.54. The quantitative estimate of drug-likeness (QED) is 0.645. The first-order valence-electron chi connectivity index (χ1n) is 5.52. The average molecular weight is 257 g/mol. The second-order valence-corrected chi connectivity index (χ2v) is 5.83. The molecule has 0 spiro atoms. The molecule has 1 aliphatic rings. The van der Waals surface area contributed by atoms with Crippen LogP contribution >= 0.6 is 23.4 Å². The van der Waals surface area contributed by atoms with Gasteiger partial charge in [0, 0.05) is 11.1 Å². The van der Waals surface area contributed by atoms with Gasteiger partial charge in [-0.1, -0.05) is 23.7 Å². The number of thioether (sulfide) groups is 1. The van der Waals surface area contributed by atoms with E-state index >= 15 is 0 Å². The predicted octanol–water partition coefficient (Wildman–Crippen LogP) is 2.91. The molecule has 3 N–H and O–H groups in total. The first kappa shape index (κ1) is 12.2. The van der Waals surface area contributed by atoms with Crippen molar-refractivity contribution in [2.45, 2.75) is 19.4 Å². The number of benzene rings is 1. The highest BCUT2D eigenvalue weighted by atomic mass is 35.5. The van der Waals surface area contributed by atoms with Gasteiger partial charge in [0.15, 0.2) is 0 Å². The van der Waals surface area contributed by atoms with Crippen LogP contribution in [0.1, 0.15) is 23.6 Å². The maximum absolute atomic E-state index is 6.15. The summed E-state index contributed by atoms with van der Waals surface area (Å²) >= 11 is 8.15. The van der Waals surface area contributed by atoms with Gasteiger partial charge in [0.2, 0.25) is 0 Å². The number of hydrogen-bond donors (Lipinski definition) is 2. The molecule has 2 unspecified atom stereocenters. The molecule has 16 heavy (non-hydrogen) atoms. The number of rotatable bonds is 3. The highest BCUT2D eigenvalue weighted by Crippen LogP contribution is 2.34. The van der Waals surface area contributed by atoms with E-state index in [9.17, 15) is 0 Å². The molecule has 2 atom stereocenters. The topological polar surface area (TPSA) is 38.0 Å². The normalized spacial score (nSPS) is 22.3. The summed E-state index contributed by atoms with van der Waals surface area (Å²) in [5.41, 5.74) is 5.25. The van der Waals surface area contributed by atoms with Crippen molar-refractivity contribution in [3.05, 3.63) is 34.3 Å². The van der Waals surface area contributed by atoms with Gasteiger partial charge in [0.1, 0.15) is 0 Å².